The van der Waals surface area contributed by atoms with Crippen LogP contribution in [0.2, 0.25) is 0 Å². The van der Waals surface area contributed by atoms with Crippen LogP contribution in [-0.2, 0) is 32.2 Å². The summed E-state index contributed by atoms with van der Waals surface area (Å²) in [5.74, 6) is -0.914. The quantitative estimate of drug-likeness (QED) is 0.457. The van der Waals surface area contributed by atoms with Gasteiger partial charge in [-0.15, -0.1) is 0 Å². The number of rotatable bonds is 5. The highest BCUT2D eigenvalue weighted by Gasteiger charge is 2.32. The van der Waals surface area contributed by atoms with Crippen LogP contribution in [0, 0.1) is 18.6 Å². The van der Waals surface area contributed by atoms with Crippen molar-refractivity contribution >= 4 is 53.4 Å². The number of hydrogen-bond donors (Lipinski definition) is 1. The summed E-state index contributed by atoms with van der Waals surface area (Å²) in [5, 5.41) is 0. The smallest absolute Gasteiger partial charge is 0.267 e. The minimum atomic E-state index is -4.40. The van der Waals surface area contributed by atoms with E-state index in [0.717, 1.165) is 27.9 Å². The van der Waals surface area contributed by atoms with E-state index in [2.05, 4.69) is 20.7 Å². The molecule has 2 aromatic carbocycles. The highest BCUT2D eigenvalue weighted by atomic mass is 79.9. The van der Waals surface area contributed by atoms with Gasteiger partial charge in [0.15, 0.2) is 0 Å². The molecule has 0 radical (unpaired) electrons. The maximum absolute atomic E-state index is 14.2. The molecule has 1 N–H and O–H groups in total. The molecule has 1 aliphatic heterocycles. The molecule has 32 heavy (non-hydrogen) atoms. The zero-order chi connectivity index (χ0) is 23.3. The maximum Gasteiger partial charge on any atom is 0.267 e. The van der Waals surface area contributed by atoms with E-state index in [9.17, 15) is 25.6 Å². The number of hydrogen-bond acceptors (Lipinski definition) is 5. The van der Waals surface area contributed by atoms with Crippen LogP contribution in [0.15, 0.2) is 56.9 Å². The van der Waals surface area contributed by atoms with E-state index < -0.39 is 37.4 Å². The minimum Gasteiger partial charge on any atom is -0.276 e. The molecule has 0 saturated heterocycles. The summed E-state index contributed by atoms with van der Waals surface area (Å²) in [7, 11) is -8.46. The fourth-order valence-electron chi connectivity index (χ4n) is 3.37. The van der Waals surface area contributed by atoms with Crippen molar-refractivity contribution in [2.24, 2.45) is 0 Å². The largest absolute Gasteiger partial charge is 0.276 e. The van der Waals surface area contributed by atoms with E-state index in [1.165, 1.54) is 23.9 Å². The zero-order valence-corrected chi connectivity index (χ0v) is 20.6. The summed E-state index contributed by atoms with van der Waals surface area (Å²) >= 11 is 4.33. The van der Waals surface area contributed by atoms with Gasteiger partial charge in [0.05, 0.1) is 15.1 Å². The number of thioether (sulfide) groups is 1. The van der Waals surface area contributed by atoms with Gasteiger partial charge in [0.25, 0.3) is 20.0 Å². The van der Waals surface area contributed by atoms with Gasteiger partial charge in [-0.2, -0.15) is 11.8 Å². The number of aryl methyl sites for hydroxylation is 1. The lowest BCUT2D eigenvalue weighted by Crippen LogP contribution is -2.17. The Kier molecular flexibility index (Phi) is 6.16. The summed E-state index contributed by atoms with van der Waals surface area (Å²) < 4.78 is 83.8. The number of nitrogens with one attached hydrogen (secondary N) is 1. The van der Waals surface area contributed by atoms with Crippen molar-refractivity contribution in [3.63, 3.8) is 0 Å². The molecule has 4 rings (SSSR count). The van der Waals surface area contributed by atoms with E-state index in [1.807, 2.05) is 6.92 Å². The summed E-state index contributed by atoms with van der Waals surface area (Å²) in [5.41, 5.74) is 1.01. The van der Waals surface area contributed by atoms with E-state index in [1.54, 1.807) is 12.1 Å². The van der Waals surface area contributed by atoms with Crippen LogP contribution in [0.25, 0.3) is 0 Å². The first-order chi connectivity index (χ1) is 15.0. The topological polar surface area (TPSA) is 85.2 Å². The van der Waals surface area contributed by atoms with Gasteiger partial charge in [0, 0.05) is 23.7 Å². The number of aromatic nitrogens is 1. The minimum absolute atomic E-state index is 0.0226. The molecule has 0 fully saturated rings. The number of fused-ring (bicyclic) bond motifs is 1. The summed E-state index contributed by atoms with van der Waals surface area (Å²) in [6.45, 7) is 1.82. The molecule has 170 valence electrons. The predicted molar refractivity (Wildman–Crippen MR) is 123 cm³/mol. The lowest BCUT2D eigenvalue weighted by molar-refractivity contribution is 0.585. The van der Waals surface area contributed by atoms with Gasteiger partial charge < -0.3 is 0 Å². The number of anilines is 1. The van der Waals surface area contributed by atoms with Crippen molar-refractivity contribution in [2.45, 2.75) is 28.9 Å². The average molecular weight is 563 g/mol. The van der Waals surface area contributed by atoms with Crippen LogP contribution >= 0.6 is 27.7 Å². The fourth-order valence-corrected chi connectivity index (χ4v) is 7.59. The first-order valence-electron chi connectivity index (χ1n) is 9.31. The second-order valence-corrected chi connectivity index (χ2v) is 12.6. The molecule has 0 unspecified atom stereocenters. The molecule has 0 bridgehead atoms. The summed E-state index contributed by atoms with van der Waals surface area (Å²) in [4.78, 5) is -0.249. The van der Waals surface area contributed by atoms with Gasteiger partial charge in [-0.3, -0.25) is 4.72 Å². The number of benzene rings is 2. The van der Waals surface area contributed by atoms with E-state index in [0.29, 0.717) is 29.2 Å². The monoisotopic (exact) mass is 562 g/mol. The second kappa shape index (κ2) is 8.47. The molecule has 1 aromatic heterocycles. The molecule has 0 saturated carbocycles. The Morgan fingerprint density at radius 2 is 1.75 bits per heavy atom. The third-order valence-electron chi connectivity index (χ3n) is 5.00. The van der Waals surface area contributed by atoms with Crippen molar-refractivity contribution in [1.29, 1.82) is 0 Å². The molecule has 0 aliphatic carbocycles. The van der Waals surface area contributed by atoms with Crippen molar-refractivity contribution in [3.8, 4) is 0 Å². The molecule has 2 heterocycles. The maximum atomic E-state index is 14.2. The Bertz CT molecular complexity index is 1420. The zero-order valence-electron chi connectivity index (χ0n) is 16.6. The fraction of sp³-hybridized carbons (Fsp3) is 0.200. The normalized spacial score (nSPS) is 14.2. The molecule has 0 atom stereocenters. The Labute approximate surface area is 197 Å². The molecule has 0 spiro atoms. The van der Waals surface area contributed by atoms with Crippen LogP contribution in [0.4, 0.5) is 14.5 Å². The predicted octanol–water partition coefficient (Wildman–Crippen LogP) is 4.66. The first-order valence-corrected chi connectivity index (χ1v) is 14.2. The van der Waals surface area contributed by atoms with Crippen LogP contribution in [0.3, 0.4) is 0 Å². The molecule has 0 amide bonds. The standard InChI is InChI=1S/C20H17BrF2N2O4S3/c1-12-2-4-13(5-3-12)32(28,29)25-10-20(14-6-7-30-11-19(14)25)31(26,27)24-18-9-16(22)15(21)8-17(18)23/h2-5,8-10,24H,6-7,11H2,1H3. The van der Waals surface area contributed by atoms with Gasteiger partial charge in [-0.1, -0.05) is 17.7 Å². The van der Waals surface area contributed by atoms with Gasteiger partial charge in [-0.25, -0.2) is 29.6 Å². The third-order valence-corrected chi connectivity index (χ3v) is 9.71. The number of nitrogens with zero attached hydrogens (tertiary/aromatic N) is 1. The first kappa shape index (κ1) is 23.3. The van der Waals surface area contributed by atoms with Gasteiger partial charge in [-0.05, 0) is 58.8 Å². The van der Waals surface area contributed by atoms with E-state index in [4.69, 9.17) is 0 Å². The van der Waals surface area contributed by atoms with Crippen LogP contribution in [0.1, 0.15) is 16.8 Å². The Hall–Kier alpha value is -1.89. The van der Waals surface area contributed by atoms with Gasteiger partial charge >= 0.3 is 0 Å². The molecule has 1 aliphatic rings. The number of sulfonamides is 1. The Balaban J connectivity index is 1.83. The van der Waals surface area contributed by atoms with Crippen LogP contribution in [0.5, 0.6) is 0 Å². The van der Waals surface area contributed by atoms with Crippen LogP contribution in [-0.4, -0.2) is 26.6 Å². The number of halogens is 3. The molecule has 3 aromatic rings. The highest BCUT2D eigenvalue weighted by molar-refractivity contribution is 9.10. The van der Waals surface area contributed by atoms with Crippen molar-refractivity contribution in [2.75, 3.05) is 10.5 Å². The molecule has 12 heteroatoms. The summed E-state index contributed by atoms with van der Waals surface area (Å²) in [6.07, 6.45) is 1.37. The second-order valence-electron chi connectivity index (χ2n) is 7.19. The molecular weight excluding hydrogens is 546 g/mol. The lowest BCUT2D eigenvalue weighted by atomic mass is 10.2. The summed E-state index contributed by atoms with van der Waals surface area (Å²) in [6, 6.07) is 7.76. The van der Waals surface area contributed by atoms with Gasteiger partial charge in [0.1, 0.15) is 16.5 Å². The third kappa shape index (κ3) is 4.20. The van der Waals surface area contributed by atoms with Gasteiger partial charge in [0.2, 0.25) is 0 Å². The highest BCUT2D eigenvalue weighted by Crippen LogP contribution is 2.35. The molecular formula is C20H17BrF2N2O4S3. The van der Waals surface area contributed by atoms with Crippen molar-refractivity contribution in [1.82, 2.24) is 3.97 Å². The average Bonchev–Trinajstić information content (AvgIpc) is 3.14. The van der Waals surface area contributed by atoms with E-state index in [-0.39, 0.29) is 14.3 Å². The lowest BCUT2D eigenvalue weighted by Gasteiger charge is -2.16. The van der Waals surface area contributed by atoms with Crippen molar-refractivity contribution in [3.05, 3.63) is 75.5 Å². The van der Waals surface area contributed by atoms with Crippen molar-refractivity contribution < 1.29 is 25.6 Å². The SMILES string of the molecule is Cc1ccc(S(=O)(=O)n2cc(S(=O)(=O)Nc3cc(F)c(Br)cc3F)c3c2CSCC3)cc1. The van der Waals surface area contributed by atoms with E-state index >= 15 is 0 Å². The Morgan fingerprint density at radius 1 is 1.06 bits per heavy atom. The molecule has 6 nitrogen and oxygen atoms in total. The Morgan fingerprint density at radius 3 is 2.44 bits per heavy atom. The van der Waals surface area contributed by atoms with Crippen LogP contribution < -0.4 is 4.72 Å².